The lowest BCUT2D eigenvalue weighted by molar-refractivity contribution is -0.129. The molecule has 1 saturated heterocycles. The number of hydrogen-bond acceptors (Lipinski definition) is 4. The Balaban J connectivity index is 2.32. The molecule has 1 amide bonds. The first-order valence-corrected chi connectivity index (χ1v) is 3.68. The average molecular weight is 148 g/mol. The van der Waals surface area contributed by atoms with Crippen LogP contribution >= 0.6 is 11.8 Å². The smallest absolute Gasteiger partial charge is 0.270 e. The van der Waals surface area contributed by atoms with Gasteiger partial charge in [0.1, 0.15) is 5.37 Å². The van der Waals surface area contributed by atoms with Crippen LogP contribution in [0.4, 0.5) is 0 Å². The van der Waals surface area contributed by atoms with Crippen LogP contribution in [0.15, 0.2) is 0 Å². The number of thioether (sulfide) groups is 1. The van der Waals surface area contributed by atoms with Gasteiger partial charge in [0, 0.05) is 12.3 Å². The summed E-state index contributed by atoms with van der Waals surface area (Å²) < 4.78 is 0. The third kappa shape index (κ3) is 1.57. The highest BCUT2D eigenvalue weighted by Gasteiger charge is 2.21. The fourth-order valence-corrected chi connectivity index (χ4v) is 1.56. The SMILES string of the molecule is O=C(NO)C1NCCS1. The van der Waals surface area contributed by atoms with Crippen molar-refractivity contribution in [3.8, 4) is 0 Å². The molecule has 1 rings (SSSR count). The number of carbonyl (C=O) groups is 1. The summed E-state index contributed by atoms with van der Waals surface area (Å²) in [5, 5.41) is 10.8. The molecule has 0 bridgehead atoms. The summed E-state index contributed by atoms with van der Waals surface area (Å²) in [6.45, 7) is 0.836. The minimum atomic E-state index is -0.363. The fourth-order valence-electron chi connectivity index (χ4n) is 0.653. The van der Waals surface area contributed by atoms with E-state index in [2.05, 4.69) is 5.32 Å². The predicted molar refractivity (Wildman–Crippen MR) is 34.2 cm³/mol. The lowest BCUT2D eigenvalue weighted by Gasteiger charge is -2.04. The van der Waals surface area contributed by atoms with Gasteiger partial charge in [-0.25, -0.2) is 5.48 Å². The molecule has 0 saturated carbocycles. The van der Waals surface area contributed by atoms with Crippen LogP contribution in [-0.2, 0) is 4.79 Å². The lowest BCUT2D eigenvalue weighted by atomic mass is 10.6. The lowest BCUT2D eigenvalue weighted by Crippen LogP contribution is -2.37. The molecule has 1 fully saturated rings. The zero-order valence-electron chi connectivity index (χ0n) is 4.76. The molecular weight excluding hydrogens is 140 g/mol. The topological polar surface area (TPSA) is 61.4 Å². The van der Waals surface area contributed by atoms with Crippen LogP contribution in [-0.4, -0.2) is 28.8 Å². The summed E-state index contributed by atoms with van der Waals surface area (Å²) in [6, 6.07) is 0. The molecule has 0 radical (unpaired) electrons. The molecule has 52 valence electrons. The van der Waals surface area contributed by atoms with Gasteiger partial charge >= 0.3 is 0 Å². The van der Waals surface area contributed by atoms with E-state index >= 15 is 0 Å². The second kappa shape index (κ2) is 3.05. The Morgan fingerprint density at radius 2 is 2.67 bits per heavy atom. The van der Waals surface area contributed by atoms with E-state index < -0.39 is 0 Å². The van der Waals surface area contributed by atoms with E-state index in [4.69, 9.17) is 5.21 Å². The normalized spacial score (nSPS) is 26.1. The van der Waals surface area contributed by atoms with E-state index in [0.717, 1.165) is 12.3 Å². The summed E-state index contributed by atoms with van der Waals surface area (Å²) >= 11 is 1.49. The molecule has 0 aromatic heterocycles. The van der Waals surface area contributed by atoms with Crippen molar-refractivity contribution >= 4 is 17.7 Å². The summed E-state index contributed by atoms with van der Waals surface area (Å²) in [6.07, 6.45) is 0. The van der Waals surface area contributed by atoms with Crippen LogP contribution in [0.2, 0.25) is 0 Å². The monoisotopic (exact) mass is 148 g/mol. The Morgan fingerprint density at radius 1 is 1.89 bits per heavy atom. The van der Waals surface area contributed by atoms with Crippen molar-refractivity contribution in [1.29, 1.82) is 0 Å². The summed E-state index contributed by atoms with van der Waals surface area (Å²) in [5.41, 5.74) is 1.58. The first-order valence-electron chi connectivity index (χ1n) is 2.63. The van der Waals surface area contributed by atoms with Crippen molar-refractivity contribution < 1.29 is 10.0 Å². The molecule has 0 aromatic rings. The highest BCUT2D eigenvalue weighted by Crippen LogP contribution is 2.12. The Bertz CT molecular complexity index is 113. The van der Waals surface area contributed by atoms with Crippen LogP contribution in [0.1, 0.15) is 0 Å². The molecule has 1 unspecified atom stereocenters. The fraction of sp³-hybridized carbons (Fsp3) is 0.750. The molecule has 9 heavy (non-hydrogen) atoms. The predicted octanol–water partition coefficient (Wildman–Crippen LogP) is -0.846. The first kappa shape index (κ1) is 6.85. The number of carbonyl (C=O) groups excluding carboxylic acids is 1. The van der Waals surface area contributed by atoms with Gasteiger partial charge in [-0.15, -0.1) is 11.8 Å². The average Bonchev–Trinajstić information content (AvgIpc) is 2.37. The van der Waals surface area contributed by atoms with Gasteiger partial charge in [-0.05, 0) is 0 Å². The van der Waals surface area contributed by atoms with E-state index in [9.17, 15) is 4.79 Å². The summed E-state index contributed by atoms with van der Waals surface area (Å²) in [4.78, 5) is 10.6. The standard InChI is InChI=1S/C4H8N2O2S/c7-3(6-8)4-5-1-2-9-4/h4-5,8H,1-2H2,(H,6,7). The van der Waals surface area contributed by atoms with E-state index in [-0.39, 0.29) is 11.3 Å². The van der Waals surface area contributed by atoms with Gasteiger partial charge in [0.25, 0.3) is 5.91 Å². The van der Waals surface area contributed by atoms with Crippen LogP contribution in [0.5, 0.6) is 0 Å². The Morgan fingerprint density at radius 3 is 3.11 bits per heavy atom. The third-order valence-electron chi connectivity index (χ3n) is 1.06. The molecule has 1 atom stereocenters. The van der Waals surface area contributed by atoms with Crippen molar-refractivity contribution in [2.75, 3.05) is 12.3 Å². The first-order chi connectivity index (χ1) is 4.34. The maximum atomic E-state index is 10.6. The molecule has 1 aliphatic rings. The molecule has 0 aliphatic carbocycles. The molecular formula is C4H8N2O2S. The molecule has 0 spiro atoms. The van der Waals surface area contributed by atoms with Gasteiger partial charge in [0.2, 0.25) is 0 Å². The highest BCUT2D eigenvalue weighted by atomic mass is 32.2. The highest BCUT2D eigenvalue weighted by molar-refractivity contribution is 8.00. The van der Waals surface area contributed by atoms with Gasteiger partial charge < -0.3 is 0 Å². The zero-order chi connectivity index (χ0) is 6.69. The van der Waals surface area contributed by atoms with E-state index in [0.29, 0.717) is 0 Å². The van der Waals surface area contributed by atoms with Crippen molar-refractivity contribution in [3.63, 3.8) is 0 Å². The van der Waals surface area contributed by atoms with Crippen LogP contribution in [0, 0.1) is 0 Å². The van der Waals surface area contributed by atoms with Crippen LogP contribution in [0.3, 0.4) is 0 Å². The van der Waals surface area contributed by atoms with Crippen molar-refractivity contribution in [3.05, 3.63) is 0 Å². The van der Waals surface area contributed by atoms with E-state index in [1.54, 1.807) is 5.48 Å². The minimum Gasteiger partial charge on any atom is -0.297 e. The van der Waals surface area contributed by atoms with Crippen molar-refractivity contribution in [1.82, 2.24) is 10.8 Å². The molecule has 4 nitrogen and oxygen atoms in total. The van der Waals surface area contributed by atoms with Crippen molar-refractivity contribution in [2.45, 2.75) is 5.37 Å². The Kier molecular flexibility index (Phi) is 2.32. The third-order valence-corrected chi connectivity index (χ3v) is 2.22. The summed E-state index contributed by atoms with van der Waals surface area (Å²) in [7, 11) is 0. The molecule has 3 N–H and O–H groups in total. The van der Waals surface area contributed by atoms with Gasteiger partial charge in [-0.3, -0.25) is 15.3 Å². The van der Waals surface area contributed by atoms with Crippen LogP contribution in [0.25, 0.3) is 0 Å². The number of nitrogens with one attached hydrogen (secondary N) is 2. The second-order valence-corrected chi connectivity index (χ2v) is 2.89. The molecule has 5 heteroatoms. The molecule has 1 heterocycles. The Labute approximate surface area is 57.0 Å². The minimum absolute atomic E-state index is 0.255. The van der Waals surface area contributed by atoms with Gasteiger partial charge in [-0.2, -0.15) is 0 Å². The quantitative estimate of drug-likeness (QED) is 0.335. The number of hydrogen-bond donors (Lipinski definition) is 3. The maximum absolute atomic E-state index is 10.6. The van der Waals surface area contributed by atoms with E-state index in [1.807, 2.05) is 0 Å². The molecule has 1 aliphatic heterocycles. The van der Waals surface area contributed by atoms with Crippen molar-refractivity contribution in [2.24, 2.45) is 0 Å². The second-order valence-electron chi connectivity index (χ2n) is 1.68. The Hall–Kier alpha value is -0.260. The van der Waals surface area contributed by atoms with Gasteiger partial charge in [0.05, 0.1) is 0 Å². The van der Waals surface area contributed by atoms with Crippen LogP contribution < -0.4 is 10.8 Å². The van der Waals surface area contributed by atoms with E-state index in [1.165, 1.54) is 11.8 Å². The molecule has 0 aromatic carbocycles. The van der Waals surface area contributed by atoms with Gasteiger partial charge in [-0.1, -0.05) is 0 Å². The zero-order valence-corrected chi connectivity index (χ0v) is 5.57. The number of rotatable bonds is 1. The maximum Gasteiger partial charge on any atom is 0.270 e. The number of amides is 1. The largest absolute Gasteiger partial charge is 0.297 e. The summed E-state index contributed by atoms with van der Waals surface area (Å²) in [5.74, 6) is 0.565. The number of hydroxylamine groups is 1. The van der Waals surface area contributed by atoms with Gasteiger partial charge in [0.15, 0.2) is 0 Å².